The molecular weight excluding hydrogens is 226 g/mol. The Morgan fingerprint density at radius 2 is 2.00 bits per heavy atom. The first-order chi connectivity index (χ1) is 8.74. The number of unbranched alkanes of at least 4 members (excludes halogenated alkanes) is 2. The van der Waals surface area contributed by atoms with Crippen LogP contribution in [0.3, 0.4) is 0 Å². The molecule has 0 amide bonds. The Labute approximate surface area is 108 Å². The van der Waals surface area contributed by atoms with E-state index in [4.69, 9.17) is 0 Å². The molecule has 0 heterocycles. The predicted octanol–water partition coefficient (Wildman–Crippen LogP) is 4.44. The molecule has 18 heavy (non-hydrogen) atoms. The highest BCUT2D eigenvalue weighted by Gasteiger charge is 2.07. The zero-order valence-corrected chi connectivity index (χ0v) is 10.7. The van der Waals surface area contributed by atoms with E-state index in [1.165, 1.54) is 0 Å². The number of hydrogen-bond donors (Lipinski definition) is 0. The third-order valence-corrected chi connectivity index (χ3v) is 2.65. The molecule has 0 aromatic heterocycles. The van der Waals surface area contributed by atoms with Gasteiger partial charge in [0, 0.05) is 12.5 Å². The lowest BCUT2D eigenvalue weighted by Crippen LogP contribution is -1.98. The summed E-state index contributed by atoms with van der Waals surface area (Å²) < 4.78 is 0. The summed E-state index contributed by atoms with van der Waals surface area (Å²) in [6.07, 6.45) is 8.76. The van der Waals surface area contributed by atoms with Gasteiger partial charge in [-0.05, 0) is 12.0 Å². The summed E-state index contributed by atoms with van der Waals surface area (Å²) in [7, 11) is 0. The Kier molecular flexibility index (Phi) is 6.47. The fraction of sp³-hybridized carbons (Fsp3) is 0.333. The first-order valence-electron chi connectivity index (χ1n) is 6.30. The van der Waals surface area contributed by atoms with Crippen molar-refractivity contribution in [1.29, 1.82) is 0 Å². The fourth-order valence-corrected chi connectivity index (χ4v) is 1.63. The molecule has 3 nitrogen and oxygen atoms in total. The lowest BCUT2D eigenvalue weighted by Gasteiger charge is -1.96. The molecule has 1 rings (SSSR count). The van der Waals surface area contributed by atoms with Crippen LogP contribution in [0.4, 0.5) is 0 Å². The molecule has 0 radical (unpaired) electrons. The van der Waals surface area contributed by atoms with E-state index >= 15 is 0 Å². The van der Waals surface area contributed by atoms with E-state index < -0.39 is 0 Å². The number of benzene rings is 1. The smallest absolute Gasteiger partial charge is 0.246 e. The average molecular weight is 245 g/mol. The Balaban J connectivity index is 2.60. The van der Waals surface area contributed by atoms with Gasteiger partial charge in [-0.1, -0.05) is 62.2 Å². The highest BCUT2D eigenvalue weighted by Crippen LogP contribution is 2.10. The summed E-state index contributed by atoms with van der Waals surface area (Å²) in [5, 5.41) is 10.8. The van der Waals surface area contributed by atoms with Crippen LogP contribution in [0, 0.1) is 10.1 Å². The predicted molar refractivity (Wildman–Crippen MR) is 74.7 cm³/mol. The van der Waals surface area contributed by atoms with Crippen LogP contribution in [0.1, 0.15) is 38.2 Å². The van der Waals surface area contributed by atoms with Gasteiger partial charge in [-0.2, -0.15) is 0 Å². The topological polar surface area (TPSA) is 43.1 Å². The van der Waals surface area contributed by atoms with Crippen LogP contribution < -0.4 is 0 Å². The molecule has 0 aliphatic rings. The van der Waals surface area contributed by atoms with Crippen LogP contribution in [-0.2, 0) is 0 Å². The summed E-state index contributed by atoms with van der Waals surface area (Å²) in [5.74, 6) is 0. The van der Waals surface area contributed by atoms with Gasteiger partial charge in [-0.15, -0.1) is 0 Å². The van der Waals surface area contributed by atoms with E-state index in [-0.39, 0.29) is 10.6 Å². The van der Waals surface area contributed by atoms with Gasteiger partial charge >= 0.3 is 0 Å². The van der Waals surface area contributed by atoms with E-state index in [1.807, 2.05) is 36.4 Å². The van der Waals surface area contributed by atoms with Gasteiger partial charge in [0.1, 0.15) is 0 Å². The molecule has 96 valence electrons. The normalized spacial score (nSPS) is 11.9. The molecule has 0 spiro atoms. The summed E-state index contributed by atoms with van der Waals surface area (Å²) >= 11 is 0. The summed E-state index contributed by atoms with van der Waals surface area (Å²) in [4.78, 5) is 10.6. The number of nitrogens with zero attached hydrogens (tertiary/aromatic N) is 1. The zero-order valence-electron chi connectivity index (χ0n) is 10.7. The van der Waals surface area contributed by atoms with Crippen LogP contribution >= 0.6 is 0 Å². The molecule has 0 fully saturated rings. The summed E-state index contributed by atoms with van der Waals surface area (Å²) in [5.41, 5.74) is 1.33. The number of rotatable bonds is 7. The van der Waals surface area contributed by atoms with Crippen molar-refractivity contribution in [2.75, 3.05) is 0 Å². The largest absolute Gasteiger partial charge is 0.259 e. The maximum Gasteiger partial charge on any atom is 0.246 e. The minimum Gasteiger partial charge on any atom is -0.259 e. The van der Waals surface area contributed by atoms with Crippen LogP contribution in [0.5, 0.6) is 0 Å². The van der Waals surface area contributed by atoms with Crippen LogP contribution in [0.2, 0.25) is 0 Å². The Bertz CT molecular complexity index is 421. The van der Waals surface area contributed by atoms with E-state index in [0.29, 0.717) is 6.42 Å². The second-order valence-corrected chi connectivity index (χ2v) is 4.14. The first-order valence-corrected chi connectivity index (χ1v) is 6.30. The minimum absolute atomic E-state index is 0.287. The van der Waals surface area contributed by atoms with Crippen molar-refractivity contribution in [3.05, 3.63) is 63.9 Å². The third kappa shape index (κ3) is 5.43. The molecule has 1 aromatic carbocycles. The SMILES string of the molecule is CCCCC/C(=C\C=C\c1ccccc1)[N+](=O)[O-]. The zero-order chi connectivity index (χ0) is 13.2. The summed E-state index contributed by atoms with van der Waals surface area (Å²) in [6.45, 7) is 2.09. The van der Waals surface area contributed by atoms with E-state index in [1.54, 1.807) is 12.2 Å². The molecule has 3 heteroatoms. The average Bonchev–Trinajstić information content (AvgIpc) is 2.38. The van der Waals surface area contributed by atoms with Gasteiger partial charge < -0.3 is 0 Å². The molecule has 0 atom stereocenters. The van der Waals surface area contributed by atoms with E-state index in [9.17, 15) is 10.1 Å². The van der Waals surface area contributed by atoms with Gasteiger partial charge in [0.05, 0.1) is 4.92 Å². The summed E-state index contributed by atoms with van der Waals surface area (Å²) in [6, 6.07) is 9.76. The molecule has 0 aliphatic heterocycles. The monoisotopic (exact) mass is 245 g/mol. The van der Waals surface area contributed by atoms with Gasteiger partial charge in [0.25, 0.3) is 0 Å². The van der Waals surface area contributed by atoms with Crippen molar-refractivity contribution in [1.82, 2.24) is 0 Å². The molecule has 0 saturated heterocycles. The lowest BCUT2D eigenvalue weighted by atomic mass is 10.1. The standard InChI is InChI=1S/C15H19NO2/c1-2-3-5-12-15(16(17)18)13-8-11-14-9-6-4-7-10-14/h4,6-11,13H,2-3,5,12H2,1H3/b11-8+,15-13+. The van der Waals surface area contributed by atoms with Crippen molar-refractivity contribution >= 4 is 6.08 Å². The highest BCUT2D eigenvalue weighted by atomic mass is 16.6. The molecule has 0 unspecified atom stereocenters. The number of allylic oxidation sites excluding steroid dienone is 3. The van der Waals surface area contributed by atoms with Gasteiger partial charge in [-0.25, -0.2) is 0 Å². The minimum atomic E-state index is -0.287. The molecule has 0 saturated carbocycles. The number of nitro groups is 1. The molecule has 1 aromatic rings. The van der Waals surface area contributed by atoms with Crippen LogP contribution in [-0.4, -0.2) is 4.92 Å². The maximum atomic E-state index is 10.8. The Morgan fingerprint density at radius 3 is 2.61 bits per heavy atom. The Morgan fingerprint density at radius 1 is 1.28 bits per heavy atom. The first kappa shape index (κ1) is 14.2. The van der Waals surface area contributed by atoms with Gasteiger partial charge in [0.15, 0.2) is 0 Å². The van der Waals surface area contributed by atoms with Crippen molar-refractivity contribution in [3.63, 3.8) is 0 Å². The van der Waals surface area contributed by atoms with Gasteiger partial charge in [0.2, 0.25) is 5.70 Å². The van der Waals surface area contributed by atoms with Crippen molar-refractivity contribution < 1.29 is 4.92 Å². The quantitative estimate of drug-likeness (QED) is 0.308. The molecule has 0 bridgehead atoms. The second kappa shape index (κ2) is 8.23. The fourth-order valence-electron chi connectivity index (χ4n) is 1.63. The van der Waals surface area contributed by atoms with Crippen LogP contribution in [0.15, 0.2) is 48.2 Å². The van der Waals surface area contributed by atoms with Gasteiger partial charge in [-0.3, -0.25) is 10.1 Å². The molecule has 0 aliphatic carbocycles. The third-order valence-electron chi connectivity index (χ3n) is 2.65. The van der Waals surface area contributed by atoms with Crippen molar-refractivity contribution in [2.24, 2.45) is 0 Å². The Hall–Kier alpha value is -1.90. The maximum absolute atomic E-state index is 10.8. The highest BCUT2D eigenvalue weighted by molar-refractivity contribution is 5.50. The lowest BCUT2D eigenvalue weighted by molar-refractivity contribution is -0.428. The number of hydrogen-bond acceptors (Lipinski definition) is 2. The molecule has 0 N–H and O–H groups in total. The van der Waals surface area contributed by atoms with E-state index in [2.05, 4.69) is 6.92 Å². The van der Waals surface area contributed by atoms with Crippen molar-refractivity contribution in [3.8, 4) is 0 Å². The molecular formula is C15H19NO2. The van der Waals surface area contributed by atoms with Crippen molar-refractivity contribution in [2.45, 2.75) is 32.6 Å². The second-order valence-electron chi connectivity index (χ2n) is 4.14. The van der Waals surface area contributed by atoms with E-state index in [0.717, 1.165) is 24.8 Å². The van der Waals surface area contributed by atoms with Crippen LogP contribution in [0.25, 0.3) is 6.08 Å².